The van der Waals surface area contributed by atoms with Crippen molar-refractivity contribution in [3.05, 3.63) is 69.7 Å². The molecule has 2 fully saturated rings. The van der Waals surface area contributed by atoms with Crippen molar-refractivity contribution in [1.29, 1.82) is 0 Å². The Labute approximate surface area is 168 Å². The Morgan fingerprint density at radius 1 is 0.852 bits per heavy atom. The van der Waals surface area contributed by atoms with Gasteiger partial charge >= 0.3 is 0 Å². The molecular weight excluding hydrogens is 383 g/mol. The summed E-state index contributed by atoms with van der Waals surface area (Å²) >= 11 is 12.0. The van der Waals surface area contributed by atoms with Gasteiger partial charge < -0.3 is 9.80 Å². The van der Waals surface area contributed by atoms with Crippen LogP contribution in [0.25, 0.3) is 0 Å². The van der Waals surface area contributed by atoms with Crippen LogP contribution >= 0.6 is 23.2 Å². The molecule has 2 aromatic rings. The third-order valence-electron chi connectivity index (χ3n) is 5.32. The fourth-order valence-electron chi connectivity index (χ4n) is 3.76. The lowest BCUT2D eigenvalue weighted by molar-refractivity contribution is -0.134. The fraction of sp³-hybridized carbons (Fsp3) is 0.333. The molecule has 1 heterocycles. The maximum absolute atomic E-state index is 12.8. The lowest BCUT2D eigenvalue weighted by atomic mass is 10.1. The molecule has 0 radical (unpaired) electrons. The van der Waals surface area contributed by atoms with Gasteiger partial charge in [-0.3, -0.25) is 9.59 Å². The Balaban J connectivity index is 1.34. The second kappa shape index (κ2) is 7.53. The Hall–Kier alpha value is -2.04. The summed E-state index contributed by atoms with van der Waals surface area (Å²) in [5.74, 6) is 0.537. The summed E-state index contributed by atoms with van der Waals surface area (Å²) in [6.45, 7) is 2.18. The van der Waals surface area contributed by atoms with Gasteiger partial charge in [0, 0.05) is 47.7 Å². The van der Waals surface area contributed by atoms with Gasteiger partial charge in [0.05, 0.1) is 0 Å². The molecule has 140 valence electrons. The van der Waals surface area contributed by atoms with E-state index in [0.717, 1.165) is 6.42 Å². The number of hydrogen-bond donors (Lipinski definition) is 0. The van der Waals surface area contributed by atoms with Gasteiger partial charge in [0.1, 0.15) is 0 Å². The van der Waals surface area contributed by atoms with Gasteiger partial charge in [0.25, 0.3) is 5.91 Å². The van der Waals surface area contributed by atoms with Gasteiger partial charge in [-0.15, -0.1) is 0 Å². The number of carbonyl (C=O) groups is 2. The van der Waals surface area contributed by atoms with E-state index < -0.39 is 0 Å². The molecule has 0 bridgehead atoms. The molecule has 2 atom stereocenters. The van der Waals surface area contributed by atoms with Crippen molar-refractivity contribution in [2.75, 3.05) is 26.2 Å². The SMILES string of the molecule is O=C(c1cc(Cl)cc(Cl)c1)N1CCN(C(=O)C2CC2c2ccccc2)CC1. The smallest absolute Gasteiger partial charge is 0.254 e. The molecule has 0 spiro atoms. The van der Waals surface area contributed by atoms with Crippen molar-refractivity contribution in [3.63, 3.8) is 0 Å². The number of amides is 2. The summed E-state index contributed by atoms with van der Waals surface area (Å²) in [7, 11) is 0. The maximum atomic E-state index is 12.8. The van der Waals surface area contributed by atoms with Gasteiger partial charge in [-0.1, -0.05) is 53.5 Å². The van der Waals surface area contributed by atoms with Crippen LogP contribution in [0.4, 0.5) is 0 Å². The van der Waals surface area contributed by atoms with Crippen LogP contribution in [-0.4, -0.2) is 47.8 Å². The summed E-state index contributed by atoms with van der Waals surface area (Å²) < 4.78 is 0. The van der Waals surface area contributed by atoms with Crippen molar-refractivity contribution in [3.8, 4) is 0 Å². The standard InChI is InChI=1S/C21H20Cl2N2O2/c22-16-10-15(11-17(23)12-16)20(26)24-6-8-25(9-7-24)21(27)19-13-18(19)14-4-2-1-3-5-14/h1-5,10-12,18-19H,6-9,13H2. The highest BCUT2D eigenvalue weighted by atomic mass is 35.5. The number of halogens is 2. The second-order valence-corrected chi connectivity index (χ2v) is 8.01. The lowest BCUT2D eigenvalue weighted by Crippen LogP contribution is -2.51. The van der Waals surface area contributed by atoms with Crippen molar-refractivity contribution in [2.45, 2.75) is 12.3 Å². The molecule has 27 heavy (non-hydrogen) atoms. The predicted molar refractivity (Wildman–Crippen MR) is 106 cm³/mol. The van der Waals surface area contributed by atoms with E-state index in [1.807, 2.05) is 23.1 Å². The minimum atomic E-state index is -0.0971. The Kier molecular flexibility index (Phi) is 5.11. The number of rotatable bonds is 3. The van der Waals surface area contributed by atoms with Gasteiger partial charge in [-0.25, -0.2) is 0 Å². The first kappa shape index (κ1) is 18.3. The summed E-state index contributed by atoms with van der Waals surface area (Å²) in [6.07, 6.45) is 0.920. The maximum Gasteiger partial charge on any atom is 0.254 e. The summed E-state index contributed by atoms with van der Waals surface area (Å²) in [5.41, 5.74) is 1.72. The highest BCUT2D eigenvalue weighted by Crippen LogP contribution is 2.48. The Bertz CT molecular complexity index is 843. The first-order valence-corrected chi connectivity index (χ1v) is 9.87. The fourth-order valence-corrected chi connectivity index (χ4v) is 4.29. The first-order valence-electron chi connectivity index (χ1n) is 9.12. The number of benzene rings is 2. The van der Waals surface area contributed by atoms with Gasteiger partial charge in [-0.05, 0) is 36.1 Å². The third-order valence-corrected chi connectivity index (χ3v) is 5.76. The van der Waals surface area contributed by atoms with Gasteiger partial charge in [0.15, 0.2) is 0 Å². The van der Waals surface area contributed by atoms with E-state index in [1.165, 1.54) is 5.56 Å². The van der Waals surface area contributed by atoms with Crippen LogP contribution in [0.1, 0.15) is 28.3 Å². The van der Waals surface area contributed by atoms with E-state index in [9.17, 15) is 9.59 Å². The molecule has 2 amide bonds. The predicted octanol–water partition coefficient (Wildman–Crippen LogP) is 4.08. The zero-order valence-electron chi connectivity index (χ0n) is 14.8. The average molecular weight is 403 g/mol. The summed E-state index contributed by atoms with van der Waals surface area (Å²) in [4.78, 5) is 29.1. The van der Waals surface area contributed by atoms with Crippen LogP contribution in [0.5, 0.6) is 0 Å². The van der Waals surface area contributed by atoms with Crippen LogP contribution < -0.4 is 0 Å². The van der Waals surface area contributed by atoms with Crippen molar-refractivity contribution in [2.24, 2.45) is 5.92 Å². The zero-order valence-corrected chi connectivity index (χ0v) is 16.3. The van der Waals surface area contributed by atoms with Crippen LogP contribution in [0.2, 0.25) is 10.0 Å². The Morgan fingerprint density at radius 3 is 2.07 bits per heavy atom. The van der Waals surface area contributed by atoms with Crippen molar-refractivity contribution in [1.82, 2.24) is 9.80 Å². The van der Waals surface area contributed by atoms with Gasteiger partial charge in [0.2, 0.25) is 5.91 Å². The molecule has 4 nitrogen and oxygen atoms in total. The van der Waals surface area contributed by atoms with E-state index in [2.05, 4.69) is 12.1 Å². The number of carbonyl (C=O) groups excluding carboxylic acids is 2. The van der Waals surface area contributed by atoms with E-state index in [-0.39, 0.29) is 17.7 Å². The molecule has 1 saturated carbocycles. The Morgan fingerprint density at radius 2 is 1.44 bits per heavy atom. The highest BCUT2D eigenvalue weighted by molar-refractivity contribution is 6.35. The zero-order chi connectivity index (χ0) is 19.0. The van der Waals surface area contributed by atoms with E-state index in [4.69, 9.17) is 23.2 Å². The molecule has 6 heteroatoms. The third kappa shape index (κ3) is 3.97. The minimum Gasteiger partial charge on any atom is -0.339 e. The topological polar surface area (TPSA) is 40.6 Å². The number of nitrogens with zero attached hydrogens (tertiary/aromatic N) is 2. The van der Waals surface area contributed by atoms with E-state index >= 15 is 0 Å². The molecule has 4 rings (SSSR count). The molecule has 1 saturated heterocycles. The molecule has 2 aliphatic rings. The van der Waals surface area contributed by atoms with E-state index in [1.54, 1.807) is 23.1 Å². The molecule has 2 aromatic carbocycles. The summed E-state index contributed by atoms with van der Waals surface area (Å²) in [5, 5.41) is 0.890. The van der Waals surface area contributed by atoms with E-state index in [0.29, 0.717) is 47.7 Å². The monoisotopic (exact) mass is 402 g/mol. The quantitative estimate of drug-likeness (QED) is 0.775. The highest BCUT2D eigenvalue weighted by Gasteiger charge is 2.46. The largest absolute Gasteiger partial charge is 0.339 e. The molecule has 1 aliphatic heterocycles. The average Bonchev–Trinajstić information content (AvgIpc) is 3.48. The number of hydrogen-bond acceptors (Lipinski definition) is 2. The van der Waals surface area contributed by atoms with Crippen LogP contribution in [0.3, 0.4) is 0 Å². The number of piperazine rings is 1. The summed E-state index contributed by atoms with van der Waals surface area (Å²) in [6, 6.07) is 15.1. The normalized spacial score (nSPS) is 21.9. The van der Waals surface area contributed by atoms with Crippen LogP contribution in [-0.2, 0) is 4.79 Å². The molecule has 0 N–H and O–H groups in total. The lowest BCUT2D eigenvalue weighted by Gasteiger charge is -2.35. The minimum absolute atomic E-state index is 0.0846. The second-order valence-electron chi connectivity index (χ2n) is 7.13. The first-order chi connectivity index (χ1) is 13.0. The molecular formula is C21H20Cl2N2O2. The van der Waals surface area contributed by atoms with Gasteiger partial charge in [-0.2, -0.15) is 0 Å². The van der Waals surface area contributed by atoms with Crippen molar-refractivity contribution < 1.29 is 9.59 Å². The van der Waals surface area contributed by atoms with Crippen LogP contribution in [0.15, 0.2) is 48.5 Å². The molecule has 2 unspecified atom stereocenters. The van der Waals surface area contributed by atoms with Crippen LogP contribution in [0, 0.1) is 5.92 Å². The molecule has 1 aliphatic carbocycles. The van der Waals surface area contributed by atoms with Crippen molar-refractivity contribution >= 4 is 35.0 Å². The molecule has 0 aromatic heterocycles.